The number of rotatable bonds is 5. The summed E-state index contributed by atoms with van der Waals surface area (Å²) in [6.07, 6.45) is 1.27. The van der Waals surface area contributed by atoms with Crippen LogP contribution in [0.15, 0.2) is 36.4 Å². The number of amides is 1. The van der Waals surface area contributed by atoms with Crippen molar-refractivity contribution < 1.29 is 13.2 Å². The molecule has 0 spiro atoms. The summed E-state index contributed by atoms with van der Waals surface area (Å²) in [6, 6.07) is 10.8. The van der Waals surface area contributed by atoms with Gasteiger partial charge in [-0.1, -0.05) is 41.4 Å². The maximum Gasteiger partial charge on any atom is 0.228 e. The summed E-state index contributed by atoms with van der Waals surface area (Å²) in [5.74, 6) is -0.842. The van der Waals surface area contributed by atoms with Crippen molar-refractivity contribution in [3.8, 4) is 0 Å². The van der Waals surface area contributed by atoms with Gasteiger partial charge in [-0.15, -0.1) is 0 Å². The normalized spacial score (nSPS) is 17.9. The fourth-order valence-corrected chi connectivity index (χ4v) is 5.82. The Bertz CT molecular complexity index is 1000. The highest BCUT2D eigenvalue weighted by Crippen LogP contribution is 2.29. The van der Waals surface area contributed by atoms with Gasteiger partial charge in [0.2, 0.25) is 15.9 Å². The quantitative estimate of drug-likeness (QED) is 0.705. The van der Waals surface area contributed by atoms with Gasteiger partial charge >= 0.3 is 0 Å². The van der Waals surface area contributed by atoms with Gasteiger partial charge in [0, 0.05) is 34.4 Å². The Morgan fingerprint density at radius 1 is 1.17 bits per heavy atom. The maximum absolute atomic E-state index is 13.0. The largest absolute Gasteiger partial charge is 0.326 e. The van der Waals surface area contributed by atoms with Crippen molar-refractivity contribution in [1.82, 2.24) is 4.31 Å². The fraction of sp³-hybridized carbons (Fsp3) is 0.381. The van der Waals surface area contributed by atoms with E-state index in [0.29, 0.717) is 35.0 Å². The van der Waals surface area contributed by atoms with E-state index in [0.717, 1.165) is 16.8 Å². The van der Waals surface area contributed by atoms with Crippen molar-refractivity contribution in [2.45, 2.75) is 32.4 Å². The highest BCUT2D eigenvalue weighted by molar-refractivity contribution is 7.88. The first-order valence-corrected chi connectivity index (χ1v) is 11.8. The predicted octanol–water partition coefficient (Wildman–Crippen LogP) is 4.79. The molecule has 2 aromatic carbocycles. The number of nitrogens with zero attached hydrogens (tertiary/aromatic N) is 1. The fourth-order valence-electron chi connectivity index (χ4n) is 3.46. The summed E-state index contributed by atoms with van der Waals surface area (Å²) in [5, 5.41) is 3.60. The monoisotopic (exact) mass is 454 g/mol. The van der Waals surface area contributed by atoms with E-state index in [4.69, 9.17) is 23.2 Å². The van der Waals surface area contributed by atoms with Crippen molar-refractivity contribution >= 4 is 44.8 Å². The Balaban J connectivity index is 1.72. The molecule has 1 saturated heterocycles. The Morgan fingerprint density at radius 3 is 2.55 bits per heavy atom. The first-order chi connectivity index (χ1) is 13.7. The van der Waals surface area contributed by atoms with Gasteiger partial charge in [-0.3, -0.25) is 4.79 Å². The molecule has 0 saturated carbocycles. The van der Waals surface area contributed by atoms with Gasteiger partial charge in [0.25, 0.3) is 0 Å². The Labute approximate surface area is 182 Å². The summed E-state index contributed by atoms with van der Waals surface area (Å²) < 4.78 is 27.3. The molecule has 1 atom stereocenters. The molecular formula is C21H24Cl2N2O3S. The first kappa shape index (κ1) is 22.1. The lowest BCUT2D eigenvalue weighted by molar-refractivity contribution is -0.120. The Kier molecular flexibility index (Phi) is 6.89. The second-order valence-corrected chi connectivity index (χ2v) is 10.2. The zero-order valence-electron chi connectivity index (χ0n) is 16.4. The van der Waals surface area contributed by atoms with Crippen LogP contribution in [0.2, 0.25) is 10.0 Å². The molecular weight excluding hydrogens is 431 g/mol. The van der Waals surface area contributed by atoms with Gasteiger partial charge in [0.05, 0.1) is 11.7 Å². The molecule has 0 radical (unpaired) electrons. The number of hydrogen-bond acceptors (Lipinski definition) is 3. The van der Waals surface area contributed by atoms with Crippen LogP contribution in [0, 0.1) is 19.8 Å². The SMILES string of the molecule is Cc1ccc(C)c(NC(=O)C2CCCN(S(=O)(=O)Cc3c(Cl)cccc3Cl)C2)c1. The molecule has 1 N–H and O–H groups in total. The van der Waals surface area contributed by atoms with Crippen molar-refractivity contribution in [3.05, 3.63) is 63.1 Å². The van der Waals surface area contributed by atoms with Crippen LogP contribution in [-0.2, 0) is 20.6 Å². The molecule has 1 aliphatic rings. The van der Waals surface area contributed by atoms with Crippen molar-refractivity contribution in [1.29, 1.82) is 0 Å². The van der Waals surface area contributed by atoms with E-state index in [1.165, 1.54) is 4.31 Å². The molecule has 5 nitrogen and oxygen atoms in total. The van der Waals surface area contributed by atoms with Crippen LogP contribution in [0.25, 0.3) is 0 Å². The molecule has 0 aliphatic carbocycles. The van der Waals surface area contributed by atoms with Gasteiger partial charge in [-0.25, -0.2) is 12.7 Å². The van der Waals surface area contributed by atoms with Crippen molar-refractivity contribution in [2.24, 2.45) is 5.92 Å². The average molecular weight is 455 g/mol. The zero-order chi connectivity index (χ0) is 21.2. The molecule has 0 aromatic heterocycles. The number of nitrogens with one attached hydrogen (secondary N) is 1. The van der Waals surface area contributed by atoms with E-state index in [9.17, 15) is 13.2 Å². The van der Waals surface area contributed by atoms with Crippen LogP contribution in [0.1, 0.15) is 29.5 Å². The van der Waals surface area contributed by atoms with Crippen LogP contribution in [0.4, 0.5) is 5.69 Å². The molecule has 1 aliphatic heterocycles. The van der Waals surface area contributed by atoms with Crippen LogP contribution in [0.5, 0.6) is 0 Å². The zero-order valence-corrected chi connectivity index (χ0v) is 18.7. The van der Waals surface area contributed by atoms with Gasteiger partial charge in [0.15, 0.2) is 0 Å². The number of anilines is 1. The molecule has 3 rings (SSSR count). The highest BCUT2D eigenvalue weighted by atomic mass is 35.5. The van der Waals surface area contributed by atoms with Crippen LogP contribution >= 0.6 is 23.2 Å². The average Bonchev–Trinajstić information content (AvgIpc) is 2.68. The van der Waals surface area contributed by atoms with E-state index >= 15 is 0 Å². The first-order valence-electron chi connectivity index (χ1n) is 9.46. The molecule has 0 bridgehead atoms. The van der Waals surface area contributed by atoms with Gasteiger partial charge in [0.1, 0.15) is 0 Å². The highest BCUT2D eigenvalue weighted by Gasteiger charge is 2.33. The van der Waals surface area contributed by atoms with E-state index in [2.05, 4.69) is 5.32 Å². The topological polar surface area (TPSA) is 66.5 Å². The van der Waals surface area contributed by atoms with Gasteiger partial charge in [-0.05, 0) is 56.0 Å². The van der Waals surface area contributed by atoms with Crippen LogP contribution in [0.3, 0.4) is 0 Å². The second-order valence-electron chi connectivity index (χ2n) is 7.46. The molecule has 156 valence electrons. The van der Waals surface area contributed by atoms with E-state index in [-0.39, 0.29) is 18.2 Å². The molecule has 1 unspecified atom stereocenters. The molecule has 1 heterocycles. The van der Waals surface area contributed by atoms with Gasteiger partial charge in [-0.2, -0.15) is 0 Å². The Morgan fingerprint density at radius 2 is 1.86 bits per heavy atom. The number of carbonyl (C=O) groups is 1. The smallest absolute Gasteiger partial charge is 0.228 e. The molecule has 2 aromatic rings. The minimum absolute atomic E-state index is 0.154. The number of benzene rings is 2. The lowest BCUT2D eigenvalue weighted by atomic mass is 9.98. The third-order valence-electron chi connectivity index (χ3n) is 5.19. The lowest BCUT2D eigenvalue weighted by Gasteiger charge is -2.31. The molecule has 1 fully saturated rings. The number of piperidine rings is 1. The van der Waals surface area contributed by atoms with Crippen LogP contribution in [-0.4, -0.2) is 31.7 Å². The number of carbonyl (C=O) groups excluding carboxylic acids is 1. The second kappa shape index (κ2) is 9.04. The summed E-state index contributed by atoms with van der Waals surface area (Å²) in [4.78, 5) is 12.8. The minimum Gasteiger partial charge on any atom is -0.326 e. The number of hydrogen-bond donors (Lipinski definition) is 1. The van der Waals surface area contributed by atoms with Crippen molar-refractivity contribution in [2.75, 3.05) is 18.4 Å². The summed E-state index contributed by atoms with van der Waals surface area (Å²) in [6.45, 7) is 4.43. The summed E-state index contributed by atoms with van der Waals surface area (Å²) in [5.41, 5.74) is 3.17. The number of halogens is 2. The summed E-state index contributed by atoms with van der Waals surface area (Å²) in [7, 11) is -3.65. The third-order valence-corrected chi connectivity index (χ3v) is 7.67. The summed E-state index contributed by atoms with van der Waals surface area (Å²) >= 11 is 12.3. The van der Waals surface area contributed by atoms with E-state index in [1.807, 2.05) is 32.0 Å². The third kappa shape index (κ3) is 5.31. The number of sulfonamides is 1. The lowest BCUT2D eigenvalue weighted by Crippen LogP contribution is -2.44. The van der Waals surface area contributed by atoms with Crippen LogP contribution < -0.4 is 5.32 Å². The Hall–Kier alpha value is -1.60. The maximum atomic E-state index is 13.0. The predicted molar refractivity (Wildman–Crippen MR) is 118 cm³/mol. The minimum atomic E-state index is -3.65. The van der Waals surface area contributed by atoms with E-state index < -0.39 is 15.9 Å². The van der Waals surface area contributed by atoms with Gasteiger partial charge < -0.3 is 5.32 Å². The molecule has 1 amide bonds. The molecule has 8 heteroatoms. The molecule has 29 heavy (non-hydrogen) atoms. The van der Waals surface area contributed by atoms with E-state index in [1.54, 1.807) is 18.2 Å². The standard InChI is InChI=1S/C21H24Cl2N2O3S/c1-14-8-9-15(2)20(11-14)24-21(26)16-5-4-10-25(12-16)29(27,28)13-17-18(22)6-3-7-19(17)23/h3,6-9,11,16H,4-5,10,12-13H2,1-2H3,(H,24,26). The van der Waals surface area contributed by atoms with Crippen molar-refractivity contribution in [3.63, 3.8) is 0 Å². The number of aryl methyl sites for hydroxylation is 2.